The molecule has 4 rings (SSSR count). The zero-order valence-electron chi connectivity index (χ0n) is 13.1. The summed E-state index contributed by atoms with van der Waals surface area (Å²) in [5.74, 6) is -0.739. The van der Waals surface area contributed by atoms with E-state index >= 15 is 0 Å². The zero-order chi connectivity index (χ0) is 18.4. The third-order valence-electron chi connectivity index (χ3n) is 4.26. The average molecular weight is 385 g/mol. The van der Waals surface area contributed by atoms with E-state index in [9.17, 15) is 10.1 Å². The smallest absolute Gasteiger partial charge is 0.344 e. The molecular formula is C19H10Cl2N2O3. The second-order valence-electron chi connectivity index (χ2n) is 5.69. The number of nitrogens with two attached hydrogens (primary N) is 1. The molecule has 1 unspecified atom stereocenters. The predicted molar refractivity (Wildman–Crippen MR) is 98.2 cm³/mol. The normalized spacial score (nSPS) is 16.1. The molecule has 26 heavy (non-hydrogen) atoms. The van der Waals surface area contributed by atoms with Gasteiger partial charge < -0.3 is 14.9 Å². The maximum absolute atomic E-state index is 12.7. The highest BCUT2D eigenvalue weighted by atomic mass is 35.5. The fourth-order valence-corrected chi connectivity index (χ4v) is 3.76. The van der Waals surface area contributed by atoms with Gasteiger partial charge in [0.1, 0.15) is 17.2 Å². The van der Waals surface area contributed by atoms with E-state index in [0.29, 0.717) is 26.6 Å². The summed E-state index contributed by atoms with van der Waals surface area (Å²) in [6, 6.07) is 13.9. The summed E-state index contributed by atoms with van der Waals surface area (Å²) in [6.07, 6.45) is 0. The predicted octanol–water partition coefficient (Wildman–Crippen LogP) is 4.32. The molecule has 128 valence electrons. The van der Waals surface area contributed by atoms with Gasteiger partial charge in [-0.25, -0.2) is 4.79 Å². The van der Waals surface area contributed by atoms with Gasteiger partial charge in [0.15, 0.2) is 5.75 Å². The lowest BCUT2D eigenvalue weighted by Gasteiger charge is -2.27. The minimum atomic E-state index is -0.884. The standard InChI is InChI=1S/C19H10Cl2N2O3/c20-11-5-3-6-12(21)15(11)14-10(8-22)18(23)26-17-9-4-1-2-7-13(9)25-19(24)16(14)17/h1-7,14H,23H2. The quantitative estimate of drug-likeness (QED) is 0.631. The molecule has 0 radical (unpaired) electrons. The van der Waals surface area contributed by atoms with Gasteiger partial charge in [0, 0.05) is 15.6 Å². The summed E-state index contributed by atoms with van der Waals surface area (Å²) in [4.78, 5) is 12.7. The first-order valence-electron chi connectivity index (χ1n) is 7.60. The zero-order valence-corrected chi connectivity index (χ0v) is 14.6. The second-order valence-corrected chi connectivity index (χ2v) is 6.50. The molecule has 1 atom stereocenters. The number of ether oxygens (including phenoxy) is 1. The number of allylic oxidation sites excluding steroid dienone is 1. The molecule has 7 heteroatoms. The molecule has 3 aromatic rings. The SMILES string of the molecule is N#CC1=C(N)Oc2c(c(=O)oc3ccccc23)C1c1c(Cl)cccc1Cl. The molecule has 1 aliphatic heterocycles. The first kappa shape index (κ1) is 16.5. The lowest BCUT2D eigenvalue weighted by Crippen LogP contribution is -2.26. The molecule has 0 spiro atoms. The minimum Gasteiger partial charge on any atom is -0.439 e. The fourth-order valence-electron chi connectivity index (χ4n) is 3.14. The maximum atomic E-state index is 12.7. The van der Waals surface area contributed by atoms with E-state index in [1.807, 2.05) is 6.07 Å². The van der Waals surface area contributed by atoms with E-state index in [1.165, 1.54) is 0 Å². The van der Waals surface area contributed by atoms with E-state index in [2.05, 4.69) is 0 Å². The van der Waals surface area contributed by atoms with E-state index in [4.69, 9.17) is 38.1 Å². The molecule has 0 amide bonds. The van der Waals surface area contributed by atoms with Crippen molar-refractivity contribution in [3.63, 3.8) is 0 Å². The largest absolute Gasteiger partial charge is 0.439 e. The van der Waals surface area contributed by atoms with Crippen molar-refractivity contribution in [3.8, 4) is 11.8 Å². The van der Waals surface area contributed by atoms with Gasteiger partial charge in [-0.3, -0.25) is 0 Å². The van der Waals surface area contributed by atoms with Crippen LogP contribution >= 0.6 is 23.2 Å². The lowest BCUT2D eigenvalue weighted by atomic mass is 9.83. The number of rotatable bonds is 1. The van der Waals surface area contributed by atoms with E-state index in [-0.39, 0.29) is 22.8 Å². The summed E-state index contributed by atoms with van der Waals surface area (Å²) >= 11 is 12.7. The van der Waals surface area contributed by atoms with Crippen LogP contribution in [0.15, 0.2) is 63.1 Å². The van der Waals surface area contributed by atoms with Crippen molar-refractivity contribution in [2.24, 2.45) is 5.73 Å². The number of nitrogens with zero attached hydrogens (tertiary/aromatic N) is 1. The monoisotopic (exact) mass is 384 g/mol. The number of halogens is 2. The number of hydrogen-bond acceptors (Lipinski definition) is 5. The van der Waals surface area contributed by atoms with Crippen LogP contribution in [0.1, 0.15) is 17.0 Å². The Labute approximate surface area is 157 Å². The molecule has 0 fully saturated rings. The van der Waals surface area contributed by atoms with Crippen LogP contribution in [0.5, 0.6) is 5.75 Å². The van der Waals surface area contributed by atoms with Gasteiger partial charge in [0.05, 0.1) is 16.9 Å². The number of nitriles is 1. The van der Waals surface area contributed by atoms with Crippen molar-refractivity contribution in [2.75, 3.05) is 0 Å². The van der Waals surface area contributed by atoms with E-state index in [1.54, 1.807) is 42.5 Å². The molecule has 1 aromatic heterocycles. The van der Waals surface area contributed by atoms with Gasteiger partial charge >= 0.3 is 5.63 Å². The Morgan fingerprint density at radius 1 is 1.04 bits per heavy atom. The van der Waals surface area contributed by atoms with Gasteiger partial charge in [-0.2, -0.15) is 5.26 Å². The van der Waals surface area contributed by atoms with Crippen molar-refractivity contribution >= 4 is 34.2 Å². The van der Waals surface area contributed by atoms with Crippen LogP contribution in [-0.4, -0.2) is 0 Å². The Balaban J connectivity index is 2.15. The fraction of sp³-hybridized carbons (Fsp3) is 0.0526. The van der Waals surface area contributed by atoms with Gasteiger partial charge in [-0.15, -0.1) is 0 Å². The molecule has 0 saturated heterocycles. The molecule has 2 N–H and O–H groups in total. The summed E-state index contributed by atoms with van der Waals surface area (Å²) in [7, 11) is 0. The highest BCUT2D eigenvalue weighted by Gasteiger charge is 2.37. The minimum absolute atomic E-state index is 0.0510. The van der Waals surface area contributed by atoms with Crippen LogP contribution in [-0.2, 0) is 0 Å². The topological polar surface area (TPSA) is 89.3 Å². The number of hydrogen-bond donors (Lipinski definition) is 1. The maximum Gasteiger partial charge on any atom is 0.344 e. The molecule has 0 saturated carbocycles. The molecule has 5 nitrogen and oxygen atoms in total. The van der Waals surface area contributed by atoms with Gasteiger partial charge in [0.2, 0.25) is 5.88 Å². The number of benzene rings is 2. The molecular weight excluding hydrogens is 375 g/mol. The van der Waals surface area contributed by atoms with Crippen LogP contribution in [0.2, 0.25) is 10.0 Å². The van der Waals surface area contributed by atoms with Crippen molar-refractivity contribution in [1.29, 1.82) is 5.26 Å². The van der Waals surface area contributed by atoms with Gasteiger partial charge in [0.25, 0.3) is 0 Å². The highest BCUT2D eigenvalue weighted by Crippen LogP contribution is 2.47. The van der Waals surface area contributed by atoms with E-state index < -0.39 is 11.5 Å². The van der Waals surface area contributed by atoms with Gasteiger partial charge in [-0.1, -0.05) is 41.4 Å². The van der Waals surface area contributed by atoms with Crippen molar-refractivity contribution < 1.29 is 9.15 Å². The highest BCUT2D eigenvalue weighted by molar-refractivity contribution is 6.36. The van der Waals surface area contributed by atoms with Crippen molar-refractivity contribution in [3.05, 3.63) is 85.5 Å². The molecule has 0 bridgehead atoms. The lowest BCUT2D eigenvalue weighted by molar-refractivity contribution is 0.388. The summed E-state index contributed by atoms with van der Waals surface area (Å²) in [5.41, 5.74) is 6.30. The second kappa shape index (κ2) is 6.10. The Bertz CT molecular complexity index is 1170. The van der Waals surface area contributed by atoms with Crippen molar-refractivity contribution in [1.82, 2.24) is 0 Å². The molecule has 2 heterocycles. The van der Waals surface area contributed by atoms with Crippen LogP contribution in [0.3, 0.4) is 0 Å². The molecule has 1 aliphatic rings. The first-order valence-corrected chi connectivity index (χ1v) is 8.35. The summed E-state index contributed by atoms with van der Waals surface area (Å²) < 4.78 is 11.1. The Morgan fingerprint density at radius 3 is 2.42 bits per heavy atom. The average Bonchev–Trinajstić information content (AvgIpc) is 2.61. The van der Waals surface area contributed by atoms with Crippen LogP contribution in [0.4, 0.5) is 0 Å². The summed E-state index contributed by atoms with van der Waals surface area (Å²) in [6.45, 7) is 0. The number of para-hydroxylation sites is 1. The Hall–Kier alpha value is -2.94. The third kappa shape index (κ3) is 2.35. The molecule has 0 aliphatic carbocycles. The third-order valence-corrected chi connectivity index (χ3v) is 4.92. The van der Waals surface area contributed by atoms with Crippen molar-refractivity contribution in [2.45, 2.75) is 5.92 Å². The molecule has 2 aromatic carbocycles. The van der Waals surface area contributed by atoms with Gasteiger partial charge in [-0.05, 0) is 24.3 Å². The first-order chi connectivity index (χ1) is 12.5. The number of fused-ring (bicyclic) bond motifs is 3. The Kier molecular flexibility index (Phi) is 3.87. The van der Waals surface area contributed by atoms with Crippen LogP contribution in [0, 0.1) is 11.3 Å². The summed E-state index contributed by atoms with van der Waals surface area (Å²) in [5, 5.41) is 10.8. The Morgan fingerprint density at radius 2 is 1.73 bits per heavy atom. The van der Waals surface area contributed by atoms with Crippen LogP contribution < -0.4 is 16.1 Å². The van der Waals surface area contributed by atoms with Crippen LogP contribution in [0.25, 0.3) is 11.0 Å². The van der Waals surface area contributed by atoms with E-state index in [0.717, 1.165) is 0 Å².